The van der Waals surface area contributed by atoms with Crippen LogP contribution in [0.25, 0.3) is 5.69 Å². The molecule has 2 rings (SSSR count). The molecule has 14 heavy (non-hydrogen) atoms. The summed E-state index contributed by atoms with van der Waals surface area (Å²) in [5.41, 5.74) is 5.51. The molecule has 2 N–H and O–H groups in total. The molecule has 0 spiro atoms. The topological polar surface area (TPSA) is 43.8 Å². The van der Waals surface area contributed by atoms with Crippen LogP contribution in [0.3, 0.4) is 0 Å². The van der Waals surface area contributed by atoms with Gasteiger partial charge in [-0.15, -0.1) is 0 Å². The lowest BCUT2D eigenvalue weighted by atomic mass is 10.3. The van der Waals surface area contributed by atoms with Crippen molar-refractivity contribution in [3.63, 3.8) is 0 Å². The third kappa shape index (κ3) is 1.32. The lowest BCUT2D eigenvalue weighted by molar-refractivity contribution is 0.593. The number of nitrogen functional groups attached to an aromatic ring is 1. The molecule has 0 radical (unpaired) electrons. The van der Waals surface area contributed by atoms with E-state index in [0.717, 1.165) is 18.2 Å². The number of imidazole rings is 1. The summed E-state index contributed by atoms with van der Waals surface area (Å²) in [5.74, 6) is -0.944. The molecule has 5 heteroatoms. The normalized spacial score (nSPS) is 10.4. The zero-order valence-corrected chi connectivity index (χ0v) is 7.11. The molecule has 1 aromatic carbocycles. The van der Waals surface area contributed by atoms with Gasteiger partial charge in [0.15, 0.2) is 0 Å². The highest BCUT2D eigenvalue weighted by atomic mass is 19.1. The van der Waals surface area contributed by atoms with Gasteiger partial charge >= 0.3 is 0 Å². The van der Waals surface area contributed by atoms with Gasteiger partial charge in [0.2, 0.25) is 5.95 Å². The standard InChI is InChI=1S/C9H7F2N3/c10-6-1-2-7(11)8(5-6)14-4-3-13-9(14)12/h1-5H,(H2,12,13). The van der Waals surface area contributed by atoms with Gasteiger partial charge in [0.05, 0.1) is 5.69 Å². The maximum Gasteiger partial charge on any atom is 0.204 e. The van der Waals surface area contributed by atoms with Gasteiger partial charge < -0.3 is 5.73 Å². The van der Waals surface area contributed by atoms with Crippen LogP contribution < -0.4 is 5.73 Å². The molecule has 0 aliphatic heterocycles. The minimum atomic E-state index is -0.545. The average molecular weight is 195 g/mol. The van der Waals surface area contributed by atoms with Gasteiger partial charge in [-0.3, -0.25) is 4.57 Å². The van der Waals surface area contributed by atoms with Crippen molar-refractivity contribution in [1.82, 2.24) is 9.55 Å². The summed E-state index contributed by atoms with van der Waals surface area (Å²) in [6.45, 7) is 0. The zero-order valence-electron chi connectivity index (χ0n) is 7.11. The molecule has 2 aromatic rings. The van der Waals surface area contributed by atoms with E-state index in [1.165, 1.54) is 17.0 Å². The van der Waals surface area contributed by atoms with Gasteiger partial charge in [-0.1, -0.05) is 0 Å². The molecular formula is C9H7F2N3. The molecule has 72 valence electrons. The zero-order chi connectivity index (χ0) is 10.1. The molecule has 0 bridgehead atoms. The van der Waals surface area contributed by atoms with E-state index in [2.05, 4.69) is 4.98 Å². The highest BCUT2D eigenvalue weighted by Gasteiger charge is 2.07. The minimum Gasteiger partial charge on any atom is -0.369 e. The third-order valence-electron chi connectivity index (χ3n) is 1.84. The maximum atomic E-state index is 13.2. The Morgan fingerprint density at radius 2 is 2.07 bits per heavy atom. The SMILES string of the molecule is Nc1nccn1-c1cc(F)ccc1F. The lowest BCUT2D eigenvalue weighted by Gasteiger charge is -2.05. The van der Waals surface area contributed by atoms with E-state index >= 15 is 0 Å². The first-order valence-corrected chi connectivity index (χ1v) is 3.93. The van der Waals surface area contributed by atoms with E-state index in [4.69, 9.17) is 5.73 Å². The molecule has 3 nitrogen and oxygen atoms in total. The quantitative estimate of drug-likeness (QED) is 0.753. The van der Waals surface area contributed by atoms with Crippen LogP contribution in [0, 0.1) is 11.6 Å². The first-order valence-electron chi connectivity index (χ1n) is 3.93. The predicted octanol–water partition coefficient (Wildman–Crippen LogP) is 1.73. The smallest absolute Gasteiger partial charge is 0.204 e. The summed E-state index contributed by atoms with van der Waals surface area (Å²) in [6, 6.07) is 3.16. The fourth-order valence-electron chi connectivity index (χ4n) is 1.19. The summed E-state index contributed by atoms with van der Waals surface area (Å²) in [4.78, 5) is 3.72. The molecule has 0 aliphatic carbocycles. The van der Waals surface area contributed by atoms with Crippen LogP contribution in [0.15, 0.2) is 30.6 Å². The van der Waals surface area contributed by atoms with Crippen molar-refractivity contribution >= 4 is 5.95 Å². The number of hydrogen-bond donors (Lipinski definition) is 1. The second-order valence-electron chi connectivity index (χ2n) is 2.75. The van der Waals surface area contributed by atoms with E-state index < -0.39 is 11.6 Å². The van der Waals surface area contributed by atoms with Crippen LogP contribution >= 0.6 is 0 Å². The molecule has 0 fully saturated rings. The van der Waals surface area contributed by atoms with E-state index in [1.54, 1.807) is 0 Å². The fourth-order valence-corrected chi connectivity index (χ4v) is 1.19. The fraction of sp³-hybridized carbons (Fsp3) is 0. The van der Waals surface area contributed by atoms with Gasteiger partial charge in [0, 0.05) is 18.5 Å². The number of rotatable bonds is 1. The highest BCUT2D eigenvalue weighted by molar-refractivity contribution is 5.40. The van der Waals surface area contributed by atoms with Gasteiger partial charge in [-0.2, -0.15) is 0 Å². The van der Waals surface area contributed by atoms with Gasteiger partial charge in [0.25, 0.3) is 0 Å². The molecular weight excluding hydrogens is 188 g/mol. The third-order valence-corrected chi connectivity index (χ3v) is 1.84. The Kier molecular flexibility index (Phi) is 1.92. The van der Waals surface area contributed by atoms with Crippen molar-refractivity contribution in [2.24, 2.45) is 0 Å². The number of halogens is 2. The number of nitrogens with zero attached hydrogens (tertiary/aromatic N) is 2. The molecule has 0 atom stereocenters. The Labute approximate surface area is 78.8 Å². The summed E-state index contributed by atoms with van der Waals surface area (Å²) < 4.78 is 27.3. The van der Waals surface area contributed by atoms with Crippen molar-refractivity contribution in [2.45, 2.75) is 0 Å². The highest BCUT2D eigenvalue weighted by Crippen LogP contribution is 2.17. The number of nitrogens with two attached hydrogens (primary N) is 1. The van der Waals surface area contributed by atoms with Gasteiger partial charge in [-0.25, -0.2) is 13.8 Å². The Balaban J connectivity index is 2.62. The summed E-state index contributed by atoms with van der Waals surface area (Å²) in [5, 5.41) is 0. The first-order chi connectivity index (χ1) is 6.68. The van der Waals surface area contributed by atoms with Crippen molar-refractivity contribution in [3.05, 3.63) is 42.2 Å². The van der Waals surface area contributed by atoms with Crippen LogP contribution in [-0.4, -0.2) is 9.55 Å². The van der Waals surface area contributed by atoms with Crippen LogP contribution in [0.1, 0.15) is 0 Å². The first kappa shape index (κ1) is 8.68. The molecule has 0 saturated carbocycles. The monoisotopic (exact) mass is 195 g/mol. The van der Waals surface area contributed by atoms with Crippen molar-refractivity contribution < 1.29 is 8.78 Å². The molecule has 0 unspecified atom stereocenters. The van der Waals surface area contributed by atoms with Crippen molar-refractivity contribution in [1.29, 1.82) is 0 Å². The summed E-state index contributed by atoms with van der Waals surface area (Å²) in [6.07, 6.45) is 2.88. The second kappa shape index (κ2) is 3.10. The van der Waals surface area contributed by atoms with Crippen molar-refractivity contribution in [3.8, 4) is 5.69 Å². The van der Waals surface area contributed by atoms with Crippen molar-refractivity contribution in [2.75, 3.05) is 5.73 Å². The molecule has 1 aromatic heterocycles. The Bertz CT molecular complexity index is 465. The molecule has 0 aliphatic rings. The average Bonchev–Trinajstić information content (AvgIpc) is 2.56. The Morgan fingerprint density at radius 1 is 1.29 bits per heavy atom. The van der Waals surface area contributed by atoms with Gasteiger partial charge in [-0.05, 0) is 12.1 Å². The van der Waals surface area contributed by atoms with Crippen LogP contribution in [-0.2, 0) is 0 Å². The van der Waals surface area contributed by atoms with Gasteiger partial charge in [0.1, 0.15) is 11.6 Å². The van der Waals surface area contributed by atoms with E-state index in [9.17, 15) is 8.78 Å². The molecule has 0 saturated heterocycles. The summed E-state index contributed by atoms with van der Waals surface area (Å²) >= 11 is 0. The van der Waals surface area contributed by atoms with E-state index in [1.807, 2.05) is 0 Å². The Hall–Kier alpha value is -1.91. The maximum absolute atomic E-state index is 13.2. The Morgan fingerprint density at radius 3 is 2.71 bits per heavy atom. The van der Waals surface area contributed by atoms with E-state index in [0.29, 0.717) is 0 Å². The number of aromatic nitrogens is 2. The largest absolute Gasteiger partial charge is 0.369 e. The molecule has 0 amide bonds. The summed E-state index contributed by atoms with van der Waals surface area (Å²) in [7, 11) is 0. The number of anilines is 1. The second-order valence-corrected chi connectivity index (χ2v) is 2.75. The molecule has 1 heterocycles. The predicted molar refractivity (Wildman–Crippen MR) is 47.9 cm³/mol. The van der Waals surface area contributed by atoms with Crippen LogP contribution in [0.4, 0.5) is 14.7 Å². The number of benzene rings is 1. The minimum absolute atomic E-state index is 0.0556. The van der Waals surface area contributed by atoms with Crippen LogP contribution in [0.2, 0.25) is 0 Å². The lowest BCUT2D eigenvalue weighted by Crippen LogP contribution is -2.02. The van der Waals surface area contributed by atoms with Crippen LogP contribution in [0.5, 0.6) is 0 Å². The number of hydrogen-bond acceptors (Lipinski definition) is 2. The van der Waals surface area contributed by atoms with E-state index in [-0.39, 0.29) is 11.6 Å².